The number of nitrogens with two attached hydrogens (primary N) is 1. The number of hydrogen-bond acceptors (Lipinski definition) is 4. The van der Waals surface area contributed by atoms with Crippen molar-refractivity contribution >= 4 is 27.1 Å². The van der Waals surface area contributed by atoms with E-state index in [2.05, 4.69) is 39.4 Å². The Morgan fingerprint density at radius 1 is 1.12 bits per heavy atom. The Hall–Kier alpha value is -1.17. The summed E-state index contributed by atoms with van der Waals surface area (Å²) in [6.07, 6.45) is 4.79. The normalized spacial score (nSPS) is 28.4. The lowest BCUT2D eigenvalue weighted by molar-refractivity contribution is 0.0747. The first kappa shape index (κ1) is 18.2. The minimum absolute atomic E-state index is 0.213. The molecule has 4 rings (SSSR count). The molecule has 1 aliphatic carbocycles. The van der Waals surface area contributed by atoms with Crippen molar-refractivity contribution in [3.05, 3.63) is 29.6 Å². The van der Waals surface area contributed by atoms with E-state index in [1.54, 1.807) is 0 Å². The van der Waals surface area contributed by atoms with Crippen LogP contribution < -0.4 is 10.6 Å². The van der Waals surface area contributed by atoms with E-state index in [9.17, 15) is 4.39 Å². The maximum absolute atomic E-state index is 15.0. The summed E-state index contributed by atoms with van der Waals surface area (Å²) >= 11 is 1.81. The van der Waals surface area contributed by atoms with Crippen molar-refractivity contribution in [2.75, 3.05) is 37.6 Å². The van der Waals surface area contributed by atoms with Crippen molar-refractivity contribution in [3.63, 3.8) is 0 Å². The van der Waals surface area contributed by atoms with Gasteiger partial charge in [-0.15, -0.1) is 11.3 Å². The van der Waals surface area contributed by atoms with Gasteiger partial charge in [-0.1, -0.05) is 6.07 Å². The molecule has 0 radical (unpaired) electrons. The number of halogens is 1. The van der Waals surface area contributed by atoms with Gasteiger partial charge in [0.1, 0.15) is 5.67 Å². The molecule has 2 aliphatic rings. The van der Waals surface area contributed by atoms with Crippen LogP contribution in [0.3, 0.4) is 0 Å². The summed E-state index contributed by atoms with van der Waals surface area (Å²) in [5, 5.41) is 3.54. The van der Waals surface area contributed by atoms with E-state index >= 15 is 0 Å². The summed E-state index contributed by atoms with van der Waals surface area (Å²) in [7, 11) is 0. The van der Waals surface area contributed by atoms with Crippen molar-refractivity contribution < 1.29 is 4.39 Å². The van der Waals surface area contributed by atoms with Crippen molar-refractivity contribution in [2.45, 2.75) is 50.2 Å². The van der Waals surface area contributed by atoms with Crippen molar-refractivity contribution in [1.82, 2.24) is 4.90 Å². The molecular weight excluding hydrogens is 345 g/mol. The van der Waals surface area contributed by atoms with E-state index in [4.69, 9.17) is 5.73 Å². The molecule has 1 aromatic heterocycles. The van der Waals surface area contributed by atoms with Crippen LogP contribution in [0.15, 0.2) is 29.6 Å². The van der Waals surface area contributed by atoms with Crippen LogP contribution in [-0.2, 0) is 0 Å². The van der Waals surface area contributed by atoms with E-state index in [1.165, 1.54) is 15.8 Å². The molecule has 2 fully saturated rings. The summed E-state index contributed by atoms with van der Waals surface area (Å²) < 4.78 is 16.4. The second-order valence-electron chi connectivity index (χ2n) is 8.03. The van der Waals surface area contributed by atoms with Crippen molar-refractivity contribution in [1.29, 1.82) is 0 Å². The predicted molar refractivity (Wildman–Crippen MR) is 110 cm³/mol. The van der Waals surface area contributed by atoms with Gasteiger partial charge in [0.05, 0.1) is 0 Å². The first-order valence-electron chi connectivity index (χ1n) is 10.0. The first-order valence-corrected chi connectivity index (χ1v) is 10.9. The third kappa shape index (κ3) is 4.05. The number of hydrogen-bond donors (Lipinski definition) is 1. The van der Waals surface area contributed by atoms with Crippen LogP contribution >= 0.6 is 11.3 Å². The fourth-order valence-electron chi connectivity index (χ4n) is 4.46. The smallest absolute Gasteiger partial charge is 0.112 e. The minimum Gasteiger partial charge on any atom is -0.370 e. The van der Waals surface area contributed by atoms with Crippen LogP contribution in [0.4, 0.5) is 10.1 Å². The molecule has 3 nitrogen and oxygen atoms in total. The Morgan fingerprint density at radius 2 is 1.96 bits per heavy atom. The highest BCUT2D eigenvalue weighted by Gasteiger charge is 2.34. The number of thiophene rings is 1. The third-order valence-corrected chi connectivity index (χ3v) is 7.09. The molecule has 2 aromatic rings. The summed E-state index contributed by atoms with van der Waals surface area (Å²) in [5.41, 5.74) is 6.31. The second-order valence-corrected chi connectivity index (χ2v) is 8.98. The fourth-order valence-corrected chi connectivity index (χ4v) is 5.26. The SMILES string of the molecule is N[C@H]1CC[C@](F)(CCN2CCCN(c3cccc4sccc34)CC2)CC1. The van der Waals surface area contributed by atoms with E-state index < -0.39 is 5.67 Å². The molecule has 0 bridgehead atoms. The first-order chi connectivity index (χ1) is 12.6. The lowest BCUT2D eigenvalue weighted by Crippen LogP contribution is -2.39. The van der Waals surface area contributed by atoms with Gasteiger partial charge in [-0.3, -0.25) is 0 Å². The van der Waals surface area contributed by atoms with Gasteiger partial charge in [-0.2, -0.15) is 0 Å². The summed E-state index contributed by atoms with van der Waals surface area (Å²) in [6, 6.07) is 9.05. The molecule has 0 spiro atoms. The molecule has 0 unspecified atom stereocenters. The van der Waals surface area contributed by atoms with Gasteiger partial charge < -0.3 is 15.5 Å². The van der Waals surface area contributed by atoms with Gasteiger partial charge in [-0.25, -0.2) is 4.39 Å². The number of nitrogens with zero attached hydrogens (tertiary/aromatic N) is 2. The van der Waals surface area contributed by atoms with Crippen LogP contribution in [0.25, 0.3) is 10.1 Å². The number of alkyl halides is 1. The molecule has 0 atom stereocenters. The predicted octanol–water partition coefficient (Wildman–Crippen LogP) is 4.41. The van der Waals surface area contributed by atoms with Gasteiger partial charge in [0.15, 0.2) is 0 Å². The molecule has 1 aliphatic heterocycles. The standard InChI is InChI=1S/C21H30FN3S/c22-21(8-5-17(23)6-9-21)10-13-24-11-2-12-25(15-14-24)19-3-1-4-20-18(19)7-16-26-20/h1,3-4,7,16-17H,2,5-6,8-15,23H2/t17-,21+. The van der Waals surface area contributed by atoms with Crippen LogP contribution in [0, 0.1) is 0 Å². The molecule has 26 heavy (non-hydrogen) atoms. The van der Waals surface area contributed by atoms with Gasteiger partial charge in [-0.05, 0) is 68.6 Å². The van der Waals surface area contributed by atoms with Crippen molar-refractivity contribution in [2.24, 2.45) is 5.73 Å². The highest BCUT2D eigenvalue weighted by Crippen LogP contribution is 2.35. The van der Waals surface area contributed by atoms with E-state index in [1.807, 2.05) is 11.3 Å². The van der Waals surface area contributed by atoms with Gasteiger partial charge in [0, 0.05) is 48.0 Å². The molecule has 1 aromatic carbocycles. The van der Waals surface area contributed by atoms with Gasteiger partial charge in [0.2, 0.25) is 0 Å². The van der Waals surface area contributed by atoms with Crippen LogP contribution in [0.5, 0.6) is 0 Å². The highest BCUT2D eigenvalue weighted by atomic mass is 32.1. The number of fused-ring (bicyclic) bond motifs is 1. The average molecular weight is 376 g/mol. The maximum atomic E-state index is 15.0. The quantitative estimate of drug-likeness (QED) is 0.859. The van der Waals surface area contributed by atoms with E-state index in [0.29, 0.717) is 19.3 Å². The average Bonchev–Trinajstić information content (AvgIpc) is 3.01. The Balaban J connectivity index is 1.34. The number of benzene rings is 1. The van der Waals surface area contributed by atoms with Crippen LogP contribution in [0.2, 0.25) is 0 Å². The summed E-state index contributed by atoms with van der Waals surface area (Å²) in [4.78, 5) is 4.98. The Bertz CT molecular complexity index is 723. The molecule has 1 saturated carbocycles. The topological polar surface area (TPSA) is 32.5 Å². The molecule has 2 heterocycles. The molecule has 2 N–H and O–H groups in total. The van der Waals surface area contributed by atoms with E-state index in [0.717, 1.165) is 52.0 Å². The number of rotatable bonds is 4. The zero-order valence-electron chi connectivity index (χ0n) is 15.5. The zero-order valence-corrected chi connectivity index (χ0v) is 16.3. The Morgan fingerprint density at radius 3 is 2.81 bits per heavy atom. The Labute approximate surface area is 160 Å². The summed E-state index contributed by atoms with van der Waals surface area (Å²) in [6.45, 7) is 5.09. The van der Waals surface area contributed by atoms with Gasteiger partial charge in [0.25, 0.3) is 0 Å². The summed E-state index contributed by atoms with van der Waals surface area (Å²) in [5.74, 6) is 0. The molecule has 0 amide bonds. The zero-order chi connectivity index (χ0) is 18.0. The number of anilines is 1. The molecule has 5 heteroatoms. The van der Waals surface area contributed by atoms with E-state index in [-0.39, 0.29) is 6.04 Å². The van der Waals surface area contributed by atoms with Crippen molar-refractivity contribution in [3.8, 4) is 0 Å². The lowest BCUT2D eigenvalue weighted by atomic mass is 9.82. The third-order valence-electron chi connectivity index (χ3n) is 6.20. The van der Waals surface area contributed by atoms with Gasteiger partial charge >= 0.3 is 0 Å². The fraction of sp³-hybridized carbons (Fsp3) is 0.619. The maximum Gasteiger partial charge on any atom is 0.112 e. The lowest BCUT2D eigenvalue weighted by Gasteiger charge is -2.34. The molecule has 1 saturated heterocycles. The van der Waals surface area contributed by atoms with Crippen LogP contribution in [0.1, 0.15) is 38.5 Å². The molecular formula is C21H30FN3S. The second kappa shape index (κ2) is 7.83. The monoisotopic (exact) mass is 375 g/mol. The Kier molecular flexibility index (Phi) is 5.48. The van der Waals surface area contributed by atoms with Crippen LogP contribution in [-0.4, -0.2) is 49.3 Å². The molecule has 142 valence electrons. The minimum atomic E-state index is -0.982. The largest absolute Gasteiger partial charge is 0.370 e. The highest BCUT2D eigenvalue weighted by molar-refractivity contribution is 7.17.